The third kappa shape index (κ3) is 3.23. The minimum Gasteiger partial charge on any atom is -0.351 e. The van der Waals surface area contributed by atoms with Gasteiger partial charge in [0.2, 0.25) is 5.95 Å². The fourth-order valence-electron chi connectivity index (χ4n) is 2.88. The molecule has 0 radical (unpaired) electrons. The number of hydrogen-bond acceptors (Lipinski definition) is 5. The topological polar surface area (TPSA) is 101 Å². The summed E-state index contributed by atoms with van der Waals surface area (Å²) < 4.78 is 1.79. The molecular formula is C20H19N7O. The van der Waals surface area contributed by atoms with E-state index in [9.17, 15) is 4.79 Å². The first-order valence-electron chi connectivity index (χ1n) is 8.71. The maximum absolute atomic E-state index is 11.3. The number of rotatable bonds is 4. The van der Waals surface area contributed by atoms with E-state index in [1.54, 1.807) is 29.9 Å². The zero-order valence-electron chi connectivity index (χ0n) is 15.5. The number of benzene rings is 2. The predicted octanol–water partition coefficient (Wildman–Crippen LogP) is 3.36. The highest BCUT2D eigenvalue weighted by Gasteiger charge is 2.13. The minimum absolute atomic E-state index is 0.443. The monoisotopic (exact) mass is 373 g/mol. The van der Waals surface area contributed by atoms with Crippen LogP contribution < -0.4 is 16.0 Å². The fourth-order valence-corrected chi connectivity index (χ4v) is 2.88. The quantitative estimate of drug-likeness (QED) is 0.571. The van der Waals surface area contributed by atoms with Crippen molar-refractivity contribution in [1.29, 1.82) is 0 Å². The molecule has 0 aliphatic heterocycles. The molecule has 0 saturated carbocycles. The SMILES string of the molecule is Cc1nc(-c2ccccc2)n2nc(Nc3ccc(N(C)C(N)=O)cc3)ncc12. The van der Waals surface area contributed by atoms with Gasteiger partial charge in [-0.25, -0.2) is 19.3 Å². The summed E-state index contributed by atoms with van der Waals surface area (Å²) in [4.78, 5) is 21.6. The number of amides is 2. The largest absolute Gasteiger partial charge is 0.351 e. The third-order valence-electron chi connectivity index (χ3n) is 4.45. The summed E-state index contributed by atoms with van der Waals surface area (Å²) in [5.74, 6) is 1.20. The smallest absolute Gasteiger partial charge is 0.318 e. The number of aryl methyl sites for hydroxylation is 1. The van der Waals surface area contributed by atoms with Gasteiger partial charge in [-0.15, -0.1) is 5.10 Å². The minimum atomic E-state index is -0.515. The molecule has 0 bridgehead atoms. The average Bonchev–Trinajstić information content (AvgIpc) is 3.04. The third-order valence-corrected chi connectivity index (χ3v) is 4.45. The van der Waals surface area contributed by atoms with E-state index in [0.29, 0.717) is 11.6 Å². The van der Waals surface area contributed by atoms with Gasteiger partial charge in [0.1, 0.15) is 5.52 Å². The number of urea groups is 1. The van der Waals surface area contributed by atoms with Gasteiger partial charge in [0.05, 0.1) is 11.9 Å². The van der Waals surface area contributed by atoms with E-state index in [4.69, 9.17) is 5.73 Å². The van der Waals surface area contributed by atoms with Gasteiger partial charge in [0, 0.05) is 24.0 Å². The van der Waals surface area contributed by atoms with E-state index in [-0.39, 0.29) is 0 Å². The van der Waals surface area contributed by atoms with Crippen LogP contribution in [-0.4, -0.2) is 32.7 Å². The Labute approximate surface area is 161 Å². The van der Waals surface area contributed by atoms with E-state index in [2.05, 4.69) is 20.4 Å². The molecule has 4 rings (SSSR count). The van der Waals surface area contributed by atoms with E-state index >= 15 is 0 Å². The van der Waals surface area contributed by atoms with Crippen LogP contribution in [0, 0.1) is 6.92 Å². The van der Waals surface area contributed by atoms with E-state index in [1.807, 2.05) is 49.4 Å². The van der Waals surface area contributed by atoms with Crippen LogP contribution in [0.4, 0.5) is 22.1 Å². The van der Waals surface area contributed by atoms with Crippen LogP contribution in [0.25, 0.3) is 16.9 Å². The molecule has 2 aromatic heterocycles. The fraction of sp³-hybridized carbons (Fsp3) is 0.100. The second kappa shape index (κ2) is 6.99. The van der Waals surface area contributed by atoms with Crippen molar-refractivity contribution in [2.24, 2.45) is 5.73 Å². The predicted molar refractivity (Wildman–Crippen MR) is 109 cm³/mol. The number of fused-ring (bicyclic) bond motifs is 1. The average molecular weight is 373 g/mol. The molecule has 0 fully saturated rings. The molecule has 0 unspecified atom stereocenters. The molecule has 0 aliphatic rings. The van der Waals surface area contributed by atoms with E-state index in [0.717, 1.165) is 28.3 Å². The van der Waals surface area contributed by atoms with Gasteiger partial charge in [-0.2, -0.15) is 0 Å². The number of imidazole rings is 1. The lowest BCUT2D eigenvalue weighted by atomic mass is 10.2. The summed E-state index contributed by atoms with van der Waals surface area (Å²) in [5.41, 5.74) is 9.48. The van der Waals surface area contributed by atoms with Crippen LogP contribution >= 0.6 is 0 Å². The number of anilines is 3. The van der Waals surface area contributed by atoms with Gasteiger partial charge < -0.3 is 11.1 Å². The molecule has 8 nitrogen and oxygen atoms in total. The highest BCUT2D eigenvalue weighted by molar-refractivity contribution is 5.90. The first-order chi connectivity index (χ1) is 13.5. The number of carbonyl (C=O) groups excluding carboxylic acids is 1. The first-order valence-corrected chi connectivity index (χ1v) is 8.71. The Kier molecular flexibility index (Phi) is 4.36. The van der Waals surface area contributed by atoms with Crippen molar-refractivity contribution in [1.82, 2.24) is 19.6 Å². The molecule has 0 aliphatic carbocycles. The lowest BCUT2D eigenvalue weighted by molar-refractivity contribution is 0.255. The normalized spacial score (nSPS) is 10.8. The van der Waals surface area contributed by atoms with Gasteiger partial charge >= 0.3 is 6.03 Å². The van der Waals surface area contributed by atoms with Crippen LogP contribution in [-0.2, 0) is 0 Å². The number of aromatic nitrogens is 4. The van der Waals surface area contributed by atoms with Crippen LogP contribution in [0.5, 0.6) is 0 Å². The summed E-state index contributed by atoms with van der Waals surface area (Å²) in [6.45, 7) is 1.94. The van der Waals surface area contributed by atoms with Crippen molar-refractivity contribution in [3.05, 3.63) is 66.5 Å². The highest BCUT2D eigenvalue weighted by Crippen LogP contribution is 2.23. The molecular weight excluding hydrogens is 354 g/mol. The number of nitrogens with zero attached hydrogens (tertiary/aromatic N) is 5. The molecule has 0 saturated heterocycles. The standard InChI is InChI=1S/C20H19N7O/c1-13-17-12-22-20(24-15-8-10-16(11-9-15)26(2)19(21)28)25-27(17)18(23-13)14-6-4-3-5-7-14/h3-12H,1-2H3,(H2,21,28)(H,24,25). The van der Waals surface area contributed by atoms with Gasteiger partial charge in [-0.05, 0) is 31.2 Å². The Balaban J connectivity index is 1.66. The number of carbonyl (C=O) groups is 1. The second-order valence-electron chi connectivity index (χ2n) is 6.33. The Bertz CT molecular complexity index is 1140. The molecule has 2 heterocycles. The molecule has 3 N–H and O–H groups in total. The van der Waals surface area contributed by atoms with Crippen LogP contribution in [0.1, 0.15) is 5.69 Å². The molecule has 2 aromatic carbocycles. The van der Waals surface area contributed by atoms with E-state index < -0.39 is 6.03 Å². The van der Waals surface area contributed by atoms with Crippen LogP contribution in [0.3, 0.4) is 0 Å². The molecule has 8 heteroatoms. The van der Waals surface area contributed by atoms with Crippen molar-refractivity contribution in [3.8, 4) is 11.4 Å². The Morgan fingerprint density at radius 1 is 1.11 bits per heavy atom. The highest BCUT2D eigenvalue weighted by atomic mass is 16.2. The maximum atomic E-state index is 11.3. The summed E-state index contributed by atoms with van der Waals surface area (Å²) in [5, 5.41) is 7.77. The lowest BCUT2D eigenvalue weighted by Gasteiger charge is -2.14. The molecule has 0 spiro atoms. The summed E-state index contributed by atoms with van der Waals surface area (Å²) in [7, 11) is 1.62. The van der Waals surface area contributed by atoms with Crippen molar-refractivity contribution in [2.75, 3.05) is 17.3 Å². The van der Waals surface area contributed by atoms with E-state index in [1.165, 1.54) is 4.90 Å². The number of nitrogens with two attached hydrogens (primary N) is 1. The molecule has 4 aromatic rings. The van der Waals surface area contributed by atoms with Gasteiger partial charge in [-0.3, -0.25) is 4.90 Å². The Morgan fingerprint density at radius 3 is 2.50 bits per heavy atom. The molecule has 2 amide bonds. The van der Waals surface area contributed by atoms with Gasteiger partial charge in [0.15, 0.2) is 5.82 Å². The molecule has 0 atom stereocenters. The number of primary amides is 1. The summed E-state index contributed by atoms with van der Waals surface area (Å²) in [6.07, 6.45) is 1.75. The second-order valence-corrected chi connectivity index (χ2v) is 6.33. The Morgan fingerprint density at radius 2 is 1.82 bits per heavy atom. The van der Waals surface area contributed by atoms with Crippen LogP contribution in [0.2, 0.25) is 0 Å². The van der Waals surface area contributed by atoms with Crippen molar-refractivity contribution < 1.29 is 4.79 Å². The van der Waals surface area contributed by atoms with Crippen molar-refractivity contribution in [3.63, 3.8) is 0 Å². The van der Waals surface area contributed by atoms with Gasteiger partial charge in [0.25, 0.3) is 0 Å². The maximum Gasteiger partial charge on any atom is 0.318 e. The summed E-state index contributed by atoms with van der Waals surface area (Å²) >= 11 is 0. The zero-order valence-corrected chi connectivity index (χ0v) is 15.5. The number of nitrogens with one attached hydrogen (secondary N) is 1. The van der Waals surface area contributed by atoms with Crippen LogP contribution in [0.15, 0.2) is 60.8 Å². The molecule has 140 valence electrons. The Hall–Kier alpha value is -3.94. The molecule has 28 heavy (non-hydrogen) atoms. The van der Waals surface area contributed by atoms with Gasteiger partial charge in [-0.1, -0.05) is 30.3 Å². The first kappa shape index (κ1) is 17.5. The number of hydrogen-bond donors (Lipinski definition) is 2. The van der Waals surface area contributed by atoms with Crippen molar-refractivity contribution >= 4 is 28.9 Å². The lowest BCUT2D eigenvalue weighted by Crippen LogP contribution is -2.31. The summed E-state index contributed by atoms with van der Waals surface area (Å²) in [6, 6.07) is 16.6. The zero-order chi connectivity index (χ0) is 19.7. The van der Waals surface area contributed by atoms with Crippen molar-refractivity contribution in [2.45, 2.75) is 6.92 Å².